The summed E-state index contributed by atoms with van der Waals surface area (Å²) in [7, 11) is 3.15. The Hall–Kier alpha value is -1.99. The fourth-order valence-electron chi connectivity index (χ4n) is 2.34. The van der Waals surface area contributed by atoms with Crippen LogP contribution in [0, 0.1) is 0 Å². The summed E-state index contributed by atoms with van der Waals surface area (Å²) >= 11 is 0. The Morgan fingerprint density at radius 1 is 1.17 bits per heavy atom. The number of benzene rings is 1. The van der Waals surface area contributed by atoms with Gasteiger partial charge in [0.25, 0.3) is 0 Å². The van der Waals surface area contributed by atoms with E-state index < -0.39 is 5.54 Å². The molecule has 1 aromatic carbocycles. The summed E-state index contributed by atoms with van der Waals surface area (Å²) in [6, 6.07) is 5.28. The number of carbonyl (C=O) groups excluding carboxylic acids is 1. The number of nitrogens with two attached hydrogens (primary N) is 1. The molecule has 0 unspecified atom stereocenters. The molecule has 1 saturated heterocycles. The van der Waals surface area contributed by atoms with Gasteiger partial charge in [-0.05, 0) is 12.8 Å². The Morgan fingerprint density at radius 3 is 2.30 bits per heavy atom. The van der Waals surface area contributed by atoms with Crippen LogP contribution in [0.2, 0.25) is 0 Å². The van der Waals surface area contributed by atoms with Crippen LogP contribution < -0.4 is 25.3 Å². The van der Waals surface area contributed by atoms with E-state index in [0.29, 0.717) is 56.5 Å². The standard InChI is InChI=1S/C16H24N2O5/c1-20-12-9-13(21-2)11-14(10-12)23-8-5-18-15(19)16(17)3-6-22-7-4-16/h9-11H,3-8,17H2,1-2H3,(H,18,19). The summed E-state index contributed by atoms with van der Waals surface area (Å²) in [5.41, 5.74) is 5.27. The smallest absolute Gasteiger partial charge is 0.240 e. The molecule has 0 saturated carbocycles. The number of hydrogen-bond donors (Lipinski definition) is 2. The highest BCUT2D eigenvalue weighted by Gasteiger charge is 2.35. The molecule has 0 aliphatic carbocycles. The van der Waals surface area contributed by atoms with Gasteiger partial charge in [-0.3, -0.25) is 4.79 Å². The molecule has 1 fully saturated rings. The van der Waals surface area contributed by atoms with Crippen molar-refractivity contribution in [1.29, 1.82) is 0 Å². The van der Waals surface area contributed by atoms with Crippen LogP contribution in [0.4, 0.5) is 0 Å². The molecule has 0 atom stereocenters. The highest BCUT2D eigenvalue weighted by atomic mass is 16.5. The van der Waals surface area contributed by atoms with Gasteiger partial charge < -0.3 is 30.0 Å². The van der Waals surface area contributed by atoms with E-state index >= 15 is 0 Å². The first-order chi connectivity index (χ1) is 11.1. The van der Waals surface area contributed by atoms with Gasteiger partial charge in [-0.15, -0.1) is 0 Å². The number of amides is 1. The van der Waals surface area contributed by atoms with E-state index in [1.54, 1.807) is 32.4 Å². The average molecular weight is 324 g/mol. The highest BCUT2D eigenvalue weighted by molar-refractivity contribution is 5.86. The molecule has 0 radical (unpaired) electrons. The summed E-state index contributed by atoms with van der Waals surface area (Å²) in [4.78, 5) is 12.1. The third kappa shape index (κ3) is 4.74. The van der Waals surface area contributed by atoms with Crippen molar-refractivity contribution in [3.8, 4) is 17.2 Å². The van der Waals surface area contributed by atoms with Crippen molar-refractivity contribution in [2.24, 2.45) is 5.73 Å². The fraction of sp³-hybridized carbons (Fsp3) is 0.562. The lowest BCUT2D eigenvalue weighted by Gasteiger charge is -2.31. The third-order valence-electron chi connectivity index (χ3n) is 3.82. The van der Waals surface area contributed by atoms with Crippen molar-refractivity contribution in [2.75, 3.05) is 40.6 Å². The van der Waals surface area contributed by atoms with Gasteiger partial charge in [0.2, 0.25) is 5.91 Å². The van der Waals surface area contributed by atoms with Gasteiger partial charge in [-0.1, -0.05) is 0 Å². The van der Waals surface area contributed by atoms with Crippen molar-refractivity contribution in [3.63, 3.8) is 0 Å². The molecule has 7 heteroatoms. The Labute approximate surface area is 136 Å². The zero-order valence-electron chi connectivity index (χ0n) is 13.6. The maximum absolute atomic E-state index is 12.1. The average Bonchev–Trinajstić information content (AvgIpc) is 2.58. The van der Waals surface area contributed by atoms with Crippen LogP contribution in [-0.2, 0) is 9.53 Å². The van der Waals surface area contributed by atoms with Crippen LogP contribution in [0.1, 0.15) is 12.8 Å². The van der Waals surface area contributed by atoms with Crippen LogP contribution in [0.5, 0.6) is 17.2 Å². The zero-order chi connectivity index (χ0) is 16.7. The minimum atomic E-state index is -0.836. The number of rotatable bonds is 7. The number of ether oxygens (including phenoxy) is 4. The highest BCUT2D eigenvalue weighted by Crippen LogP contribution is 2.27. The Morgan fingerprint density at radius 2 is 1.74 bits per heavy atom. The maximum Gasteiger partial charge on any atom is 0.240 e. The summed E-state index contributed by atoms with van der Waals surface area (Å²) in [5, 5.41) is 2.81. The van der Waals surface area contributed by atoms with Crippen LogP contribution in [0.3, 0.4) is 0 Å². The minimum Gasteiger partial charge on any atom is -0.496 e. The first-order valence-corrected chi connectivity index (χ1v) is 7.58. The van der Waals surface area contributed by atoms with E-state index in [0.717, 1.165) is 0 Å². The zero-order valence-corrected chi connectivity index (χ0v) is 13.6. The normalized spacial score (nSPS) is 16.5. The topological polar surface area (TPSA) is 92.0 Å². The number of methoxy groups -OCH3 is 2. The van der Waals surface area contributed by atoms with Crippen molar-refractivity contribution in [2.45, 2.75) is 18.4 Å². The molecule has 0 aromatic heterocycles. The van der Waals surface area contributed by atoms with Crippen LogP contribution in [0.25, 0.3) is 0 Å². The van der Waals surface area contributed by atoms with Gasteiger partial charge in [0.15, 0.2) is 0 Å². The molecule has 1 heterocycles. The summed E-state index contributed by atoms with van der Waals surface area (Å²) < 4.78 is 21.2. The summed E-state index contributed by atoms with van der Waals surface area (Å²) in [6.07, 6.45) is 1.07. The molecule has 1 aromatic rings. The Balaban J connectivity index is 1.80. The van der Waals surface area contributed by atoms with E-state index in [9.17, 15) is 4.79 Å². The lowest BCUT2D eigenvalue weighted by atomic mass is 9.90. The number of hydrogen-bond acceptors (Lipinski definition) is 6. The third-order valence-corrected chi connectivity index (χ3v) is 3.82. The molecule has 1 amide bonds. The van der Waals surface area contributed by atoms with Crippen molar-refractivity contribution < 1.29 is 23.7 Å². The molecule has 1 aliphatic heterocycles. The summed E-state index contributed by atoms with van der Waals surface area (Å²) in [6.45, 7) is 1.74. The molecule has 2 rings (SSSR count). The van der Waals surface area contributed by atoms with E-state index in [2.05, 4.69) is 5.32 Å². The molecule has 0 spiro atoms. The first-order valence-electron chi connectivity index (χ1n) is 7.58. The predicted molar refractivity (Wildman–Crippen MR) is 85.0 cm³/mol. The molecule has 0 bridgehead atoms. The van der Waals surface area contributed by atoms with Gasteiger partial charge >= 0.3 is 0 Å². The van der Waals surface area contributed by atoms with Crippen LogP contribution in [-0.4, -0.2) is 52.0 Å². The molecule has 1 aliphatic rings. The van der Waals surface area contributed by atoms with E-state index in [1.807, 2.05) is 0 Å². The monoisotopic (exact) mass is 324 g/mol. The second kappa shape index (κ2) is 8.03. The van der Waals surface area contributed by atoms with Gasteiger partial charge in [0.05, 0.1) is 26.3 Å². The van der Waals surface area contributed by atoms with E-state index in [-0.39, 0.29) is 5.91 Å². The van der Waals surface area contributed by atoms with Gasteiger partial charge in [0.1, 0.15) is 23.9 Å². The van der Waals surface area contributed by atoms with Crippen molar-refractivity contribution in [3.05, 3.63) is 18.2 Å². The quantitative estimate of drug-likeness (QED) is 0.718. The van der Waals surface area contributed by atoms with Gasteiger partial charge in [0, 0.05) is 31.4 Å². The Bertz CT molecular complexity index is 507. The molecule has 7 nitrogen and oxygen atoms in total. The van der Waals surface area contributed by atoms with Gasteiger partial charge in [-0.2, -0.15) is 0 Å². The molecular weight excluding hydrogens is 300 g/mol. The number of nitrogens with one attached hydrogen (secondary N) is 1. The van der Waals surface area contributed by atoms with Crippen molar-refractivity contribution >= 4 is 5.91 Å². The summed E-state index contributed by atoms with van der Waals surface area (Å²) in [5.74, 6) is 1.75. The fourth-order valence-corrected chi connectivity index (χ4v) is 2.34. The molecular formula is C16H24N2O5. The lowest BCUT2D eigenvalue weighted by molar-refractivity contribution is -0.129. The predicted octanol–water partition coefficient (Wildman–Crippen LogP) is 0.707. The first kappa shape index (κ1) is 17.4. The number of carbonyl (C=O) groups is 1. The van der Waals surface area contributed by atoms with Crippen molar-refractivity contribution in [1.82, 2.24) is 5.32 Å². The lowest BCUT2D eigenvalue weighted by Crippen LogP contribution is -2.57. The Kier molecular flexibility index (Phi) is 6.06. The maximum atomic E-state index is 12.1. The molecule has 128 valence electrons. The van der Waals surface area contributed by atoms with Gasteiger partial charge in [-0.25, -0.2) is 0 Å². The van der Waals surface area contributed by atoms with Crippen LogP contribution >= 0.6 is 0 Å². The second-order valence-electron chi connectivity index (χ2n) is 5.42. The molecule has 23 heavy (non-hydrogen) atoms. The second-order valence-corrected chi connectivity index (χ2v) is 5.42. The van der Waals surface area contributed by atoms with Crippen LogP contribution in [0.15, 0.2) is 18.2 Å². The van der Waals surface area contributed by atoms with E-state index in [1.165, 1.54) is 0 Å². The largest absolute Gasteiger partial charge is 0.496 e. The SMILES string of the molecule is COc1cc(OC)cc(OCCNC(=O)C2(N)CCOCC2)c1. The minimum absolute atomic E-state index is 0.160. The molecule has 3 N–H and O–H groups in total. The van der Waals surface area contributed by atoms with E-state index in [4.69, 9.17) is 24.7 Å².